The van der Waals surface area contributed by atoms with Crippen molar-refractivity contribution in [3.8, 4) is 0 Å². The van der Waals surface area contributed by atoms with E-state index in [1.807, 2.05) is 12.1 Å². The van der Waals surface area contributed by atoms with E-state index in [2.05, 4.69) is 60.3 Å². The smallest absolute Gasteiger partial charge is 0.194 e. The Bertz CT molecular complexity index is 774. The van der Waals surface area contributed by atoms with Crippen LogP contribution in [-0.4, -0.2) is 55.2 Å². The Kier molecular flexibility index (Phi) is 11.4. The van der Waals surface area contributed by atoms with Crippen molar-refractivity contribution >= 4 is 29.9 Å². The summed E-state index contributed by atoms with van der Waals surface area (Å²) >= 11 is 0. The van der Waals surface area contributed by atoms with Crippen LogP contribution in [0.2, 0.25) is 0 Å². The second kappa shape index (κ2) is 13.8. The number of aliphatic imine (C=N–C) groups is 1. The fourth-order valence-electron chi connectivity index (χ4n) is 3.94. The van der Waals surface area contributed by atoms with Crippen LogP contribution in [0, 0.1) is 0 Å². The van der Waals surface area contributed by atoms with Crippen molar-refractivity contribution < 1.29 is 9.15 Å². The molecule has 2 aromatic rings. The van der Waals surface area contributed by atoms with E-state index in [0.29, 0.717) is 12.6 Å². The maximum atomic E-state index is 5.79. The third-order valence-electron chi connectivity index (χ3n) is 5.44. The summed E-state index contributed by atoms with van der Waals surface area (Å²) in [5, 5.41) is 3.47. The summed E-state index contributed by atoms with van der Waals surface area (Å²) in [6.45, 7) is 10.2. The number of ether oxygens (including phenoxy) is 1. The molecule has 172 valence electrons. The van der Waals surface area contributed by atoms with Crippen LogP contribution in [0.4, 0.5) is 0 Å². The molecule has 2 heterocycles. The van der Waals surface area contributed by atoms with Crippen molar-refractivity contribution in [2.75, 3.05) is 33.3 Å². The van der Waals surface area contributed by atoms with Crippen LogP contribution in [0.5, 0.6) is 0 Å². The monoisotopic (exact) mass is 540 g/mol. The Morgan fingerprint density at radius 1 is 1.13 bits per heavy atom. The number of piperidine rings is 1. The fourth-order valence-corrected chi connectivity index (χ4v) is 3.94. The topological polar surface area (TPSA) is 53.2 Å². The van der Waals surface area contributed by atoms with Gasteiger partial charge in [0.05, 0.1) is 25.5 Å². The number of rotatable bonds is 9. The summed E-state index contributed by atoms with van der Waals surface area (Å²) in [5.41, 5.74) is 2.57. The number of hydrogen-bond donors (Lipinski definition) is 1. The average Bonchev–Trinajstić information content (AvgIpc) is 3.26. The predicted octanol–water partition coefficient (Wildman–Crippen LogP) is 4.50. The van der Waals surface area contributed by atoms with Crippen LogP contribution in [0.15, 0.2) is 52.1 Å². The first-order valence-electron chi connectivity index (χ1n) is 11.1. The molecule has 0 atom stereocenters. The zero-order chi connectivity index (χ0) is 21.2. The minimum atomic E-state index is 0. The lowest BCUT2D eigenvalue weighted by Gasteiger charge is -2.34. The molecule has 1 saturated heterocycles. The summed E-state index contributed by atoms with van der Waals surface area (Å²) in [5.74, 6) is 1.99. The zero-order valence-corrected chi connectivity index (χ0v) is 21.4. The maximum absolute atomic E-state index is 5.79. The number of furan rings is 1. The fraction of sp³-hybridized carbons (Fsp3) is 0.542. The molecule has 3 rings (SSSR count). The van der Waals surface area contributed by atoms with E-state index in [1.54, 1.807) is 6.26 Å². The number of likely N-dealkylation sites (tertiary alicyclic amines) is 1. The highest BCUT2D eigenvalue weighted by Gasteiger charge is 2.21. The lowest BCUT2D eigenvalue weighted by Crippen LogP contribution is -2.47. The molecule has 0 unspecified atom stereocenters. The molecule has 1 N–H and O–H groups in total. The van der Waals surface area contributed by atoms with Gasteiger partial charge in [0.15, 0.2) is 5.96 Å². The first-order chi connectivity index (χ1) is 14.7. The summed E-state index contributed by atoms with van der Waals surface area (Å²) < 4.78 is 11.3. The van der Waals surface area contributed by atoms with E-state index in [-0.39, 0.29) is 24.0 Å². The van der Waals surface area contributed by atoms with Crippen molar-refractivity contribution in [1.82, 2.24) is 15.1 Å². The average molecular weight is 540 g/mol. The number of hydrogen-bond acceptors (Lipinski definition) is 4. The zero-order valence-electron chi connectivity index (χ0n) is 19.0. The molecule has 0 saturated carbocycles. The molecule has 0 bridgehead atoms. The van der Waals surface area contributed by atoms with E-state index in [1.165, 1.54) is 11.1 Å². The van der Waals surface area contributed by atoms with Gasteiger partial charge in [-0.25, -0.2) is 4.99 Å². The molecule has 0 aliphatic carbocycles. The molecule has 1 aliphatic rings. The molecule has 31 heavy (non-hydrogen) atoms. The highest BCUT2D eigenvalue weighted by Crippen LogP contribution is 2.16. The largest absolute Gasteiger partial charge is 0.468 e. The van der Waals surface area contributed by atoms with Gasteiger partial charge in [0, 0.05) is 32.8 Å². The first-order valence-corrected chi connectivity index (χ1v) is 11.1. The van der Waals surface area contributed by atoms with Crippen LogP contribution in [-0.2, 0) is 24.4 Å². The minimum absolute atomic E-state index is 0. The van der Waals surface area contributed by atoms with Gasteiger partial charge in [-0.15, -0.1) is 24.0 Å². The van der Waals surface area contributed by atoms with E-state index in [9.17, 15) is 0 Å². The van der Waals surface area contributed by atoms with Crippen molar-refractivity contribution in [3.63, 3.8) is 0 Å². The molecule has 0 amide bonds. The maximum Gasteiger partial charge on any atom is 0.194 e. The standard InChI is InChI=1S/C24H36N4O2.HI/c1-4-25-24(28-14-12-22(13-15-28)29-5-2)26-17-20-9-6-7-10-21(20)18-27(3)19-23-11-8-16-30-23;/h6-11,16,22H,4-5,12-15,17-19H2,1-3H3,(H,25,26);1H. The molecule has 1 aromatic heterocycles. The molecule has 1 fully saturated rings. The number of nitrogens with zero attached hydrogens (tertiary/aromatic N) is 3. The van der Waals surface area contributed by atoms with Gasteiger partial charge in [-0.1, -0.05) is 24.3 Å². The van der Waals surface area contributed by atoms with Crippen LogP contribution in [0.3, 0.4) is 0 Å². The van der Waals surface area contributed by atoms with Crippen LogP contribution < -0.4 is 5.32 Å². The van der Waals surface area contributed by atoms with Crippen molar-refractivity contribution in [2.24, 2.45) is 4.99 Å². The molecular weight excluding hydrogens is 503 g/mol. The van der Waals surface area contributed by atoms with Gasteiger partial charge >= 0.3 is 0 Å². The number of nitrogens with one attached hydrogen (secondary N) is 1. The Balaban J connectivity index is 0.00000341. The lowest BCUT2D eigenvalue weighted by atomic mass is 10.1. The van der Waals surface area contributed by atoms with Crippen LogP contribution in [0.25, 0.3) is 0 Å². The molecule has 0 spiro atoms. The van der Waals surface area contributed by atoms with E-state index in [0.717, 1.165) is 63.9 Å². The Hall–Kier alpha value is -1.58. The second-order valence-electron chi connectivity index (χ2n) is 7.83. The Morgan fingerprint density at radius 3 is 2.52 bits per heavy atom. The molecule has 6 nitrogen and oxygen atoms in total. The van der Waals surface area contributed by atoms with Gasteiger partial charge in [-0.05, 0) is 57.0 Å². The molecule has 0 radical (unpaired) electrons. The van der Waals surface area contributed by atoms with Crippen molar-refractivity contribution in [1.29, 1.82) is 0 Å². The van der Waals surface area contributed by atoms with Crippen molar-refractivity contribution in [3.05, 3.63) is 59.5 Å². The molecule has 1 aromatic carbocycles. The van der Waals surface area contributed by atoms with Gasteiger partial charge in [0.25, 0.3) is 0 Å². The summed E-state index contributed by atoms with van der Waals surface area (Å²) in [6.07, 6.45) is 4.24. The Labute approximate surface area is 204 Å². The van der Waals surface area contributed by atoms with Crippen molar-refractivity contribution in [2.45, 2.75) is 52.4 Å². The van der Waals surface area contributed by atoms with E-state index < -0.39 is 0 Å². The number of halogens is 1. The Morgan fingerprint density at radius 2 is 1.87 bits per heavy atom. The van der Waals surface area contributed by atoms with Gasteiger partial charge in [0.1, 0.15) is 5.76 Å². The van der Waals surface area contributed by atoms with Crippen LogP contribution in [0.1, 0.15) is 43.6 Å². The summed E-state index contributed by atoms with van der Waals surface area (Å²) in [7, 11) is 2.12. The normalized spacial score (nSPS) is 15.2. The SMILES string of the molecule is CCNC(=NCc1ccccc1CN(C)Cc1ccco1)N1CCC(OCC)CC1.I. The third kappa shape index (κ3) is 8.12. The van der Waals surface area contributed by atoms with Gasteiger partial charge in [0.2, 0.25) is 0 Å². The molecular formula is C24H37IN4O2. The summed E-state index contributed by atoms with van der Waals surface area (Å²) in [6, 6.07) is 12.5. The first kappa shape index (κ1) is 25.7. The summed E-state index contributed by atoms with van der Waals surface area (Å²) in [4.78, 5) is 9.61. The highest BCUT2D eigenvalue weighted by atomic mass is 127. The minimum Gasteiger partial charge on any atom is -0.468 e. The number of benzene rings is 1. The quantitative estimate of drug-likeness (QED) is 0.289. The van der Waals surface area contributed by atoms with Gasteiger partial charge < -0.3 is 19.4 Å². The lowest BCUT2D eigenvalue weighted by molar-refractivity contribution is 0.0263. The molecule has 1 aliphatic heterocycles. The number of guanidine groups is 1. The van der Waals surface area contributed by atoms with E-state index >= 15 is 0 Å². The van der Waals surface area contributed by atoms with E-state index in [4.69, 9.17) is 14.1 Å². The molecule has 7 heteroatoms. The predicted molar refractivity (Wildman–Crippen MR) is 137 cm³/mol. The highest BCUT2D eigenvalue weighted by molar-refractivity contribution is 14.0. The van der Waals surface area contributed by atoms with Gasteiger partial charge in [-0.3, -0.25) is 4.90 Å². The second-order valence-corrected chi connectivity index (χ2v) is 7.83. The van der Waals surface area contributed by atoms with Gasteiger partial charge in [-0.2, -0.15) is 0 Å². The third-order valence-corrected chi connectivity index (χ3v) is 5.44. The van der Waals surface area contributed by atoms with Crippen LogP contribution >= 0.6 is 24.0 Å².